The fourth-order valence-electron chi connectivity index (χ4n) is 3.55. The lowest BCUT2D eigenvalue weighted by molar-refractivity contribution is 0.0152. The summed E-state index contributed by atoms with van der Waals surface area (Å²) in [7, 11) is 5.92. The second-order valence-corrected chi connectivity index (χ2v) is 6.97. The Kier molecular flexibility index (Phi) is 5.14. The molecule has 7 heteroatoms. The Bertz CT molecular complexity index is 561. The Balaban J connectivity index is 1.54. The molecule has 128 valence electrons. The van der Waals surface area contributed by atoms with Crippen molar-refractivity contribution in [2.24, 2.45) is 12.0 Å². The number of aromatic nitrogens is 1. The minimum Gasteiger partial charge on any atom is -0.355 e. The first-order valence-corrected chi connectivity index (χ1v) is 8.63. The van der Waals surface area contributed by atoms with Gasteiger partial charge in [-0.25, -0.2) is 0 Å². The maximum absolute atomic E-state index is 6.07. The summed E-state index contributed by atoms with van der Waals surface area (Å²) in [4.78, 5) is 11.7. The molecule has 23 heavy (non-hydrogen) atoms. The van der Waals surface area contributed by atoms with Gasteiger partial charge in [0, 0.05) is 78.3 Å². The molecule has 1 aromatic heterocycles. The monoisotopic (exact) mass is 338 g/mol. The van der Waals surface area contributed by atoms with Gasteiger partial charge < -0.3 is 14.8 Å². The summed E-state index contributed by atoms with van der Waals surface area (Å²) in [5.41, 5.74) is 1.17. The molecular weight excluding hydrogens is 312 g/mol. The van der Waals surface area contributed by atoms with Crippen molar-refractivity contribution in [1.29, 1.82) is 0 Å². The van der Waals surface area contributed by atoms with E-state index in [1.165, 1.54) is 38.4 Å². The molecule has 0 aromatic carbocycles. The van der Waals surface area contributed by atoms with Gasteiger partial charge >= 0.3 is 0 Å². The number of piperazine rings is 3. The molecule has 1 atom stereocenters. The zero-order chi connectivity index (χ0) is 16.4. The number of rotatable bonds is 4. The number of halogens is 1. The molecule has 3 aliphatic rings. The number of nitrogens with zero attached hydrogens (tertiary/aromatic N) is 5. The van der Waals surface area contributed by atoms with Crippen molar-refractivity contribution in [1.82, 2.24) is 24.6 Å². The van der Waals surface area contributed by atoms with Crippen LogP contribution < -0.4 is 5.32 Å². The molecule has 2 bridgehead atoms. The van der Waals surface area contributed by atoms with E-state index in [0.717, 1.165) is 24.1 Å². The number of hydrogen-bond acceptors (Lipinski definition) is 3. The van der Waals surface area contributed by atoms with E-state index in [4.69, 9.17) is 11.6 Å². The second kappa shape index (κ2) is 7.11. The molecule has 1 aromatic rings. The molecule has 1 unspecified atom stereocenters. The van der Waals surface area contributed by atoms with Gasteiger partial charge in [-0.2, -0.15) is 0 Å². The Labute approximate surface area is 143 Å². The molecule has 0 aliphatic carbocycles. The zero-order valence-electron chi connectivity index (χ0n) is 14.3. The van der Waals surface area contributed by atoms with Gasteiger partial charge in [-0.05, 0) is 6.07 Å². The number of fused-ring (bicyclic) bond motifs is 3. The predicted octanol–water partition coefficient (Wildman–Crippen LogP) is 0.686. The maximum atomic E-state index is 6.07. The molecule has 4 heterocycles. The van der Waals surface area contributed by atoms with Gasteiger partial charge in [0.15, 0.2) is 5.96 Å². The largest absolute Gasteiger partial charge is 0.355 e. The van der Waals surface area contributed by atoms with Gasteiger partial charge in [-0.3, -0.25) is 14.8 Å². The lowest BCUT2D eigenvalue weighted by Crippen LogP contribution is -2.63. The van der Waals surface area contributed by atoms with Crippen LogP contribution in [0.5, 0.6) is 0 Å². The van der Waals surface area contributed by atoms with Gasteiger partial charge in [0.1, 0.15) is 0 Å². The highest BCUT2D eigenvalue weighted by Gasteiger charge is 2.31. The molecular formula is C16H27ClN6. The molecule has 3 aliphatic heterocycles. The normalized spacial score (nSPS) is 27.3. The first kappa shape index (κ1) is 16.6. The standard InChI is InChI=1S/C16H27ClN6/c1-18-16(21(3)11-14-8-13(17)10-20(14)2)19-9-15-12-22-4-6-23(15)7-5-22/h8,10,15H,4-7,9,11-12H2,1-3H3,(H,18,19). The Morgan fingerprint density at radius 1 is 1.39 bits per heavy atom. The minimum atomic E-state index is 0.590. The van der Waals surface area contributed by atoms with Crippen LogP contribution in [0.25, 0.3) is 0 Å². The SMILES string of the molecule is CN=C(NCC1CN2CCN1CC2)N(C)Cc1cc(Cl)cn1C. The van der Waals surface area contributed by atoms with Crippen LogP contribution in [-0.2, 0) is 13.6 Å². The fraction of sp³-hybridized carbons (Fsp3) is 0.688. The van der Waals surface area contributed by atoms with Crippen molar-refractivity contribution in [2.45, 2.75) is 12.6 Å². The molecule has 3 fully saturated rings. The minimum absolute atomic E-state index is 0.590. The van der Waals surface area contributed by atoms with Crippen molar-refractivity contribution in [3.8, 4) is 0 Å². The van der Waals surface area contributed by atoms with Crippen LogP contribution in [0.4, 0.5) is 0 Å². The predicted molar refractivity (Wildman–Crippen MR) is 95.1 cm³/mol. The first-order valence-electron chi connectivity index (χ1n) is 8.25. The molecule has 0 saturated carbocycles. The van der Waals surface area contributed by atoms with Gasteiger partial charge in [-0.1, -0.05) is 11.6 Å². The van der Waals surface area contributed by atoms with E-state index in [-0.39, 0.29) is 0 Å². The third-order valence-corrected chi connectivity index (χ3v) is 5.14. The lowest BCUT2D eigenvalue weighted by atomic mass is 10.1. The highest BCUT2D eigenvalue weighted by molar-refractivity contribution is 6.30. The third-order valence-electron chi connectivity index (χ3n) is 4.94. The molecule has 4 rings (SSSR count). The van der Waals surface area contributed by atoms with Crippen molar-refractivity contribution in [3.63, 3.8) is 0 Å². The number of aliphatic imine (C=N–C) groups is 1. The highest BCUT2D eigenvalue weighted by Crippen LogP contribution is 2.16. The second-order valence-electron chi connectivity index (χ2n) is 6.54. The maximum Gasteiger partial charge on any atom is 0.193 e. The van der Waals surface area contributed by atoms with Crippen LogP contribution in [0, 0.1) is 0 Å². The quantitative estimate of drug-likeness (QED) is 0.647. The summed E-state index contributed by atoms with van der Waals surface area (Å²) in [5.74, 6) is 0.931. The summed E-state index contributed by atoms with van der Waals surface area (Å²) >= 11 is 6.07. The number of guanidine groups is 1. The average Bonchev–Trinajstić information content (AvgIpc) is 2.86. The van der Waals surface area contributed by atoms with Crippen LogP contribution in [0.2, 0.25) is 5.02 Å². The van der Waals surface area contributed by atoms with Crippen LogP contribution in [0.1, 0.15) is 5.69 Å². The molecule has 6 nitrogen and oxygen atoms in total. The van der Waals surface area contributed by atoms with Gasteiger partial charge in [-0.15, -0.1) is 0 Å². The van der Waals surface area contributed by atoms with E-state index in [2.05, 4.69) is 36.6 Å². The smallest absolute Gasteiger partial charge is 0.193 e. The van der Waals surface area contributed by atoms with E-state index in [1.54, 1.807) is 0 Å². The van der Waals surface area contributed by atoms with E-state index in [1.807, 2.05) is 26.4 Å². The van der Waals surface area contributed by atoms with Crippen LogP contribution in [-0.4, -0.2) is 84.6 Å². The van der Waals surface area contributed by atoms with E-state index < -0.39 is 0 Å². The molecule has 0 radical (unpaired) electrons. The average molecular weight is 339 g/mol. The van der Waals surface area contributed by atoms with E-state index in [0.29, 0.717) is 6.04 Å². The zero-order valence-corrected chi connectivity index (χ0v) is 15.1. The Morgan fingerprint density at radius 2 is 2.13 bits per heavy atom. The van der Waals surface area contributed by atoms with Crippen LogP contribution >= 0.6 is 11.6 Å². The van der Waals surface area contributed by atoms with Gasteiger partial charge in [0.05, 0.1) is 11.6 Å². The van der Waals surface area contributed by atoms with Gasteiger partial charge in [0.2, 0.25) is 0 Å². The summed E-state index contributed by atoms with van der Waals surface area (Å²) in [6.45, 7) is 7.73. The van der Waals surface area contributed by atoms with Crippen molar-refractivity contribution >= 4 is 17.6 Å². The van der Waals surface area contributed by atoms with Crippen molar-refractivity contribution in [2.75, 3.05) is 53.4 Å². The molecule has 0 spiro atoms. The highest BCUT2D eigenvalue weighted by atomic mass is 35.5. The molecule has 1 N–H and O–H groups in total. The molecule has 3 saturated heterocycles. The third kappa shape index (κ3) is 3.82. The van der Waals surface area contributed by atoms with Crippen molar-refractivity contribution in [3.05, 3.63) is 23.0 Å². The Morgan fingerprint density at radius 3 is 2.65 bits per heavy atom. The van der Waals surface area contributed by atoms with Crippen molar-refractivity contribution < 1.29 is 0 Å². The lowest BCUT2D eigenvalue weighted by Gasteiger charge is -2.47. The summed E-state index contributed by atoms with van der Waals surface area (Å²) in [5, 5.41) is 4.31. The van der Waals surface area contributed by atoms with Crippen LogP contribution in [0.15, 0.2) is 17.3 Å². The number of nitrogens with one attached hydrogen (secondary N) is 1. The molecule has 0 amide bonds. The van der Waals surface area contributed by atoms with E-state index >= 15 is 0 Å². The summed E-state index contributed by atoms with van der Waals surface area (Å²) < 4.78 is 2.06. The Hall–Kier alpha value is -1.24. The summed E-state index contributed by atoms with van der Waals surface area (Å²) in [6.07, 6.45) is 1.93. The van der Waals surface area contributed by atoms with Gasteiger partial charge in [0.25, 0.3) is 0 Å². The first-order chi connectivity index (χ1) is 11.1. The number of aryl methyl sites for hydroxylation is 1. The number of hydrogen-bond donors (Lipinski definition) is 1. The topological polar surface area (TPSA) is 39.0 Å². The van der Waals surface area contributed by atoms with Crippen LogP contribution in [0.3, 0.4) is 0 Å². The fourth-order valence-corrected chi connectivity index (χ4v) is 3.83. The summed E-state index contributed by atoms with van der Waals surface area (Å²) in [6, 6.07) is 2.59. The van der Waals surface area contributed by atoms with E-state index in [9.17, 15) is 0 Å².